The largest absolute Gasteiger partial charge is 0.348 e. The number of anilines is 1. The molecule has 0 saturated carbocycles. The van der Waals surface area contributed by atoms with E-state index in [9.17, 15) is 26.7 Å². The van der Waals surface area contributed by atoms with Crippen molar-refractivity contribution in [1.29, 1.82) is 0 Å². The maximum Gasteiger partial charge on any atom is 0.252 e. The fourth-order valence-electron chi connectivity index (χ4n) is 4.18. The van der Waals surface area contributed by atoms with Crippen molar-refractivity contribution < 1.29 is 22.0 Å². The quantitative estimate of drug-likeness (QED) is 0.418. The lowest BCUT2D eigenvalue weighted by Crippen LogP contribution is -2.38. The van der Waals surface area contributed by atoms with E-state index in [0.29, 0.717) is 25.0 Å². The predicted octanol–water partition coefficient (Wildman–Crippen LogP) is 4.84. The van der Waals surface area contributed by atoms with Gasteiger partial charge in [0.05, 0.1) is 12.6 Å². The second-order valence-corrected chi connectivity index (χ2v) is 9.39. The molecule has 0 aliphatic carbocycles. The summed E-state index contributed by atoms with van der Waals surface area (Å²) in [6, 6.07) is 10.1. The zero-order chi connectivity index (χ0) is 25.9. The smallest absolute Gasteiger partial charge is 0.252 e. The SMILES string of the molecule is C[C@H](Nc1ncc2ccc(=O)n(CC(F)(CF)CF)c2n1)c1ccc(CN2CCC(F)(F)CC2)cc1. The molecule has 0 spiro atoms. The van der Waals surface area contributed by atoms with Crippen LogP contribution in [0.1, 0.15) is 36.9 Å². The van der Waals surface area contributed by atoms with Gasteiger partial charge in [-0.2, -0.15) is 4.98 Å². The molecular weight excluding hydrogens is 481 g/mol. The third-order valence-corrected chi connectivity index (χ3v) is 6.46. The van der Waals surface area contributed by atoms with Gasteiger partial charge in [-0.05, 0) is 24.1 Å². The highest BCUT2D eigenvalue weighted by Gasteiger charge is 2.34. The number of fused-ring (bicyclic) bond motifs is 1. The molecule has 3 aromatic rings. The number of halogens is 5. The van der Waals surface area contributed by atoms with Gasteiger partial charge in [0.2, 0.25) is 5.95 Å². The number of nitrogens with one attached hydrogen (secondary N) is 1. The number of pyridine rings is 1. The van der Waals surface area contributed by atoms with Crippen molar-refractivity contribution in [1.82, 2.24) is 19.4 Å². The van der Waals surface area contributed by atoms with E-state index in [1.165, 1.54) is 18.3 Å². The Labute approximate surface area is 205 Å². The number of alkyl halides is 5. The van der Waals surface area contributed by atoms with E-state index >= 15 is 0 Å². The van der Waals surface area contributed by atoms with Crippen molar-refractivity contribution in [2.45, 2.75) is 50.5 Å². The van der Waals surface area contributed by atoms with Crippen LogP contribution in [-0.2, 0) is 13.1 Å². The minimum atomic E-state index is -2.82. The molecule has 11 heteroatoms. The van der Waals surface area contributed by atoms with Crippen LogP contribution in [0.2, 0.25) is 0 Å². The molecule has 1 aliphatic rings. The van der Waals surface area contributed by atoms with Crippen molar-refractivity contribution in [3.8, 4) is 0 Å². The van der Waals surface area contributed by atoms with Crippen LogP contribution in [-0.4, -0.2) is 57.5 Å². The standard InChI is InChI=1S/C25H28F5N5O/c1-17(19-4-2-18(3-5-19)13-34-10-8-25(29,30)9-11-34)32-23-31-12-20-6-7-21(36)35(22(20)33-23)16-24(28,14-26)15-27/h2-7,12,17H,8-11,13-16H2,1H3,(H,31,32,33)/t17-/m0/s1. The van der Waals surface area contributed by atoms with E-state index < -0.39 is 37.0 Å². The molecule has 3 heterocycles. The average Bonchev–Trinajstić information content (AvgIpc) is 2.87. The van der Waals surface area contributed by atoms with Gasteiger partial charge in [-0.25, -0.2) is 26.9 Å². The number of aromatic nitrogens is 3. The first-order valence-corrected chi connectivity index (χ1v) is 11.7. The molecule has 36 heavy (non-hydrogen) atoms. The van der Waals surface area contributed by atoms with Crippen LogP contribution >= 0.6 is 0 Å². The van der Waals surface area contributed by atoms with Gasteiger partial charge in [-0.3, -0.25) is 14.3 Å². The van der Waals surface area contributed by atoms with E-state index in [2.05, 4.69) is 15.3 Å². The van der Waals surface area contributed by atoms with Gasteiger partial charge in [0, 0.05) is 50.1 Å². The molecule has 1 aliphatic heterocycles. The first kappa shape index (κ1) is 26.0. The maximum atomic E-state index is 14.4. The minimum absolute atomic E-state index is 0.0681. The second-order valence-electron chi connectivity index (χ2n) is 9.39. The Morgan fingerprint density at radius 3 is 2.39 bits per heavy atom. The number of rotatable bonds is 9. The van der Waals surface area contributed by atoms with Crippen LogP contribution < -0.4 is 10.9 Å². The Balaban J connectivity index is 1.47. The third-order valence-electron chi connectivity index (χ3n) is 6.46. The van der Waals surface area contributed by atoms with Crippen LogP contribution in [0.4, 0.5) is 27.9 Å². The molecule has 1 saturated heterocycles. The molecule has 6 nitrogen and oxygen atoms in total. The zero-order valence-corrected chi connectivity index (χ0v) is 19.9. The Kier molecular flexibility index (Phi) is 7.58. The monoisotopic (exact) mass is 509 g/mol. The lowest BCUT2D eigenvalue weighted by atomic mass is 10.0. The van der Waals surface area contributed by atoms with Crippen molar-refractivity contribution in [2.75, 3.05) is 31.8 Å². The molecule has 2 aromatic heterocycles. The van der Waals surface area contributed by atoms with Gasteiger partial charge in [0.1, 0.15) is 19.0 Å². The van der Waals surface area contributed by atoms with Gasteiger partial charge in [-0.15, -0.1) is 0 Å². The minimum Gasteiger partial charge on any atom is -0.348 e. The summed E-state index contributed by atoms with van der Waals surface area (Å²) in [7, 11) is 0. The highest BCUT2D eigenvalue weighted by Crippen LogP contribution is 2.28. The van der Waals surface area contributed by atoms with E-state index in [1.807, 2.05) is 36.1 Å². The van der Waals surface area contributed by atoms with Gasteiger partial charge >= 0.3 is 0 Å². The second kappa shape index (κ2) is 10.5. The summed E-state index contributed by atoms with van der Waals surface area (Å²) in [5.74, 6) is -2.41. The Hall–Kier alpha value is -3.08. The zero-order valence-electron chi connectivity index (χ0n) is 19.9. The van der Waals surface area contributed by atoms with E-state index in [-0.39, 0.29) is 30.5 Å². The molecule has 1 N–H and O–H groups in total. The number of nitrogens with zero attached hydrogens (tertiary/aromatic N) is 4. The average molecular weight is 510 g/mol. The van der Waals surface area contributed by atoms with Crippen LogP contribution in [0.3, 0.4) is 0 Å². The molecule has 1 aromatic carbocycles. The van der Waals surface area contributed by atoms with Crippen molar-refractivity contribution in [3.05, 3.63) is 64.1 Å². The normalized spacial score (nSPS) is 17.3. The van der Waals surface area contributed by atoms with E-state index in [1.54, 1.807) is 0 Å². The fraction of sp³-hybridized carbons (Fsp3) is 0.480. The Bertz CT molecular complexity index is 1240. The summed E-state index contributed by atoms with van der Waals surface area (Å²) < 4.78 is 68.2. The highest BCUT2D eigenvalue weighted by molar-refractivity contribution is 5.75. The number of hydrogen-bond acceptors (Lipinski definition) is 5. The summed E-state index contributed by atoms with van der Waals surface area (Å²) in [6.45, 7) is -0.754. The number of hydrogen-bond donors (Lipinski definition) is 1. The van der Waals surface area contributed by atoms with Gasteiger partial charge in [-0.1, -0.05) is 24.3 Å². The first-order chi connectivity index (χ1) is 17.1. The number of benzene rings is 1. The molecular formula is C25H28F5N5O. The van der Waals surface area contributed by atoms with Crippen LogP contribution in [0.5, 0.6) is 0 Å². The molecule has 1 atom stereocenters. The van der Waals surface area contributed by atoms with Crippen molar-refractivity contribution in [2.24, 2.45) is 0 Å². The van der Waals surface area contributed by atoms with Crippen LogP contribution in [0, 0.1) is 0 Å². The van der Waals surface area contributed by atoms with Crippen LogP contribution in [0.15, 0.2) is 47.4 Å². The Morgan fingerprint density at radius 1 is 1.08 bits per heavy atom. The molecule has 0 bridgehead atoms. The predicted molar refractivity (Wildman–Crippen MR) is 128 cm³/mol. The lowest BCUT2D eigenvalue weighted by Gasteiger charge is -2.31. The molecule has 0 radical (unpaired) electrons. The summed E-state index contributed by atoms with van der Waals surface area (Å²) >= 11 is 0. The van der Waals surface area contributed by atoms with Gasteiger partial charge in [0.15, 0.2) is 5.67 Å². The number of piperidine rings is 1. The molecule has 1 fully saturated rings. The molecule has 0 amide bonds. The first-order valence-electron chi connectivity index (χ1n) is 11.7. The lowest BCUT2D eigenvalue weighted by molar-refractivity contribution is -0.0566. The van der Waals surface area contributed by atoms with E-state index in [4.69, 9.17) is 0 Å². The molecule has 0 unspecified atom stereocenters. The maximum absolute atomic E-state index is 14.4. The Morgan fingerprint density at radius 2 is 1.75 bits per heavy atom. The summed E-state index contributed by atoms with van der Waals surface area (Å²) in [4.78, 5) is 22.9. The summed E-state index contributed by atoms with van der Waals surface area (Å²) in [6.07, 6.45) is 1.20. The highest BCUT2D eigenvalue weighted by atomic mass is 19.3. The molecule has 194 valence electrons. The summed E-state index contributed by atoms with van der Waals surface area (Å²) in [5.41, 5.74) is -1.45. The van der Waals surface area contributed by atoms with Crippen molar-refractivity contribution in [3.63, 3.8) is 0 Å². The molecule has 4 rings (SSSR count). The summed E-state index contributed by atoms with van der Waals surface area (Å²) in [5, 5.41) is 3.55. The van der Waals surface area contributed by atoms with Crippen LogP contribution in [0.25, 0.3) is 11.0 Å². The third kappa shape index (κ3) is 6.00. The van der Waals surface area contributed by atoms with Gasteiger partial charge in [0.25, 0.3) is 11.5 Å². The van der Waals surface area contributed by atoms with Gasteiger partial charge < -0.3 is 5.32 Å². The number of likely N-dealkylation sites (tertiary alicyclic amines) is 1. The van der Waals surface area contributed by atoms with E-state index in [0.717, 1.165) is 15.7 Å². The fourth-order valence-corrected chi connectivity index (χ4v) is 4.18. The topological polar surface area (TPSA) is 63.1 Å². The van der Waals surface area contributed by atoms with Crippen molar-refractivity contribution >= 4 is 17.0 Å².